The smallest absolute Gasteiger partial charge is 0.396 e. The number of carbonyl (C=O) groups excluding carboxylic acids is 2. The van der Waals surface area contributed by atoms with Crippen molar-refractivity contribution in [3.8, 4) is 0 Å². The Labute approximate surface area is 80.8 Å². The number of ether oxygens (including phenoxy) is 1. The number of carbonyl (C=O) groups is 2. The molecule has 1 heterocycles. The van der Waals surface area contributed by atoms with E-state index >= 15 is 0 Å². The van der Waals surface area contributed by atoms with Gasteiger partial charge in [0.1, 0.15) is 0 Å². The van der Waals surface area contributed by atoms with Crippen LogP contribution in [0.1, 0.15) is 5.69 Å². The normalized spacial score (nSPS) is 9.57. The van der Waals surface area contributed by atoms with Crippen molar-refractivity contribution in [3.05, 3.63) is 18.0 Å². The first-order valence-corrected chi connectivity index (χ1v) is 3.98. The molecule has 6 nitrogen and oxygen atoms in total. The highest BCUT2D eigenvalue weighted by Gasteiger charge is 2.13. The molecule has 0 fully saturated rings. The average molecular weight is 197 g/mol. The minimum absolute atomic E-state index is 0.254. The summed E-state index contributed by atoms with van der Waals surface area (Å²) < 4.78 is 5.85. The molecule has 0 aliphatic rings. The second-order valence-electron chi connectivity index (χ2n) is 2.62. The maximum Gasteiger partial charge on any atom is 0.396 e. The fourth-order valence-electron chi connectivity index (χ4n) is 0.910. The van der Waals surface area contributed by atoms with Gasteiger partial charge in [-0.1, -0.05) is 0 Å². The molecule has 0 aromatic carbocycles. The van der Waals surface area contributed by atoms with E-state index < -0.39 is 11.9 Å². The van der Waals surface area contributed by atoms with Crippen LogP contribution in [0, 0.1) is 0 Å². The summed E-state index contributed by atoms with van der Waals surface area (Å²) in [5, 5.41) is 6.31. The topological polar surface area (TPSA) is 73.2 Å². The molecule has 0 atom stereocenters. The van der Waals surface area contributed by atoms with Crippen LogP contribution in [0.15, 0.2) is 12.3 Å². The number of aryl methyl sites for hydroxylation is 1. The predicted molar refractivity (Wildman–Crippen MR) is 47.1 cm³/mol. The molecule has 0 aliphatic carbocycles. The van der Waals surface area contributed by atoms with Crippen LogP contribution in [0.2, 0.25) is 0 Å². The van der Waals surface area contributed by atoms with E-state index in [2.05, 4.69) is 15.2 Å². The standard InChI is InChI=1S/C8H11N3O3/c1-11-6(3-4-10-11)5-9-7(12)8(13)14-2/h3-4H,5H2,1-2H3,(H,9,12). The van der Waals surface area contributed by atoms with E-state index in [4.69, 9.17) is 0 Å². The van der Waals surface area contributed by atoms with Gasteiger partial charge in [0.05, 0.1) is 19.3 Å². The lowest BCUT2D eigenvalue weighted by Crippen LogP contribution is -2.31. The zero-order chi connectivity index (χ0) is 10.6. The molecule has 0 unspecified atom stereocenters. The Bertz CT molecular complexity index is 345. The molecule has 0 spiro atoms. The van der Waals surface area contributed by atoms with Crippen molar-refractivity contribution < 1.29 is 14.3 Å². The van der Waals surface area contributed by atoms with Crippen LogP contribution in [0.3, 0.4) is 0 Å². The summed E-state index contributed by atoms with van der Waals surface area (Å²) in [5.74, 6) is -1.65. The molecule has 1 aromatic heterocycles. The lowest BCUT2D eigenvalue weighted by molar-refractivity contribution is -0.152. The Morgan fingerprint density at radius 2 is 2.36 bits per heavy atom. The van der Waals surface area contributed by atoms with Gasteiger partial charge in [-0.15, -0.1) is 0 Å². The van der Waals surface area contributed by atoms with Crippen molar-refractivity contribution in [2.45, 2.75) is 6.54 Å². The van der Waals surface area contributed by atoms with Gasteiger partial charge in [0, 0.05) is 13.2 Å². The van der Waals surface area contributed by atoms with Gasteiger partial charge < -0.3 is 10.1 Å². The summed E-state index contributed by atoms with van der Waals surface area (Å²) in [6.07, 6.45) is 1.61. The van der Waals surface area contributed by atoms with Gasteiger partial charge in [0.2, 0.25) is 0 Å². The van der Waals surface area contributed by atoms with Crippen molar-refractivity contribution in [3.63, 3.8) is 0 Å². The first-order valence-electron chi connectivity index (χ1n) is 3.98. The highest BCUT2D eigenvalue weighted by molar-refractivity contribution is 6.32. The van der Waals surface area contributed by atoms with Crippen molar-refractivity contribution in [1.82, 2.24) is 15.1 Å². The number of amides is 1. The molecule has 1 N–H and O–H groups in total. The van der Waals surface area contributed by atoms with Crippen LogP contribution in [0.5, 0.6) is 0 Å². The van der Waals surface area contributed by atoms with E-state index in [1.807, 2.05) is 0 Å². The van der Waals surface area contributed by atoms with Crippen molar-refractivity contribution in [2.24, 2.45) is 7.05 Å². The second kappa shape index (κ2) is 4.40. The molecule has 14 heavy (non-hydrogen) atoms. The molecule has 0 bridgehead atoms. The van der Waals surface area contributed by atoms with E-state index in [0.717, 1.165) is 12.8 Å². The number of hydrogen-bond acceptors (Lipinski definition) is 4. The van der Waals surface area contributed by atoms with E-state index in [0.29, 0.717) is 0 Å². The van der Waals surface area contributed by atoms with Gasteiger partial charge in [-0.25, -0.2) is 4.79 Å². The Kier molecular flexibility index (Phi) is 3.22. The number of methoxy groups -OCH3 is 1. The maximum atomic E-state index is 11.0. The Morgan fingerprint density at radius 1 is 1.64 bits per heavy atom. The fraction of sp³-hybridized carbons (Fsp3) is 0.375. The van der Waals surface area contributed by atoms with Gasteiger partial charge in [-0.2, -0.15) is 5.10 Å². The summed E-state index contributed by atoms with van der Waals surface area (Å²) in [6, 6.07) is 1.75. The van der Waals surface area contributed by atoms with Gasteiger partial charge in [-0.05, 0) is 6.07 Å². The summed E-state index contributed by atoms with van der Waals surface area (Å²) in [4.78, 5) is 21.7. The average Bonchev–Trinajstić information content (AvgIpc) is 2.59. The molecular formula is C8H11N3O3. The highest BCUT2D eigenvalue weighted by atomic mass is 16.5. The summed E-state index contributed by atoms with van der Waals surface area (Å²) in [7, 11) is 2.91. The van der Waals surface area contributed by atoms with E-state index in [9.17, 15) is 9.59 Å². The van der Waals surface area contributed by atoms with Gasteiger partial charge in [-0.3, -0.25) is 9.48 Å². The summed E-state index contributed by atoms with van der Waals surface area (Å²) in [6.45, 7) is 0.254. The summed E-state index contributed by atoms with van der Waals surface area (Å²) in [5.41, 5.74) is 0.808. The van der Waals surface area contributed by atoms with Crippen LogP contribution in [0.4, 0.5) is 0 Å². The SMILES string of the molecule is COC(=O)C(=O)NCc1ccnn1C. The quantitative estimate of drug-likeness (QED) is 0.498. The summed E-state index contributed by atoms with van der Waals surface area (Å²) >= 11 is 0. The Balaban J connectivity index is 2.45. The third kappa shape index (κ3) is 2.32. The number of nitrogens with one attached hydrogen (secondary N) is 1. The largest absolute Gasteiger partial charge is 0.462 e. The predicted octanol–water partition coefficient (Wildman–Crippen LogP) is -0.791. The van der Waals surface area contributed by atoms with Crippen molar-refractivity contribution >= 4 is 11.9 Å². The van der Waals surface area contributed by atoms with Crippen LogP contribution in [0.25, 0.3) is 0 Å². The third-order valence-corrected chi connectivity index (χ3v) is 1.72. The Morgan fingerprint density at radius 3 is 2.86 bits per heavy atom. The minimum atomic E-state index is -0.896. The minimum Gasteiger partial charge on any atom is -0.462 e. The van der Waals surface area contributed by atoms with E-state index in [-0.39, 0.29) is 6.54 Å². The number of hydrogen-bond donors (Lipinski definition) is 1. The molecule has 1 amide bonds. The van der Waals surface area contributed by atoms with Gasteiger partial charge in [0.15, 0.2) is 0 Å². The maximum absolute atomic E-state index is 11.0. The molecule has 0 aliphatic heterocycles. The molecule has 1 rings (SSSR count). The van der Waals surface area contributed by atoms with Crippen LogP contribution < -0.4 is 5.32 Å². The second-order valence-corrected chi connectivity index (χ2v) is 2.62. The van der Waals surface area contributed by atoms with Crippen molar-refractivity contribution in [2.75, 3.05) is 7.11 Å². The van der Waals surface area contributed by atoms with E-state index in [1.165, 1.54) is 0 Å². The number of esters is 1. The lowest BCUT2D eigenvalue weighted by Gasteiger charge is -2.03. The molecule has 0 saturated carbocycles. The molecular weight excluding hydrogens is 186 g/mol. The molecule has 76 valence electrons. The first-order chi connectivity index (χ1) is 6.65. The molecule has 0 saturated heterocycles. The highest BCUT2D eigenvalue weighted by Crippen LogP contribution is 1.94. The van der Waals surface area contributed by atoms with Crippen molar-refractivity contribution in [1.29, 1.82) is 0 Å². The zero-order valence-electron chi connectivity index (χ0n) is 7.98. The lowest BCUT2D eigenvalue weighted by atomic mass is 10.4. The Hall–Kier alpha value is -1.85. The fourth-order valence-corrected chi connectivity index (χ4v) is 0.910. The molecule has 0 radical (unpaired) electrons. The first kappa shape index (κ1) is 10.2. The number of nitrogens with zero attached hydrogens (tertiary/aromatic N) is 2. The van der Waals surface area contributed by atoms with Crippen LogP contribution in [-0.4, -0.2) is 28.8 Å². The zero-order valence-corrected chi connectivity index (χ0v) is 7.98. The number of aromatic nitrogens is 2. The third-order valence-electron chi connectivity index (χ3n) is 1.72. The monoisotopic (exact) mass is 197 g/mol. The van der Waals surface area contributed by atoms with E-state index in [1.54, 1.807) is 24.0 Å². The van der Waals surface area contributed by atoms with Gasteiger partial charge in [0.25, 0.3) is 0 Å². The van der Waals surface area contributed by atoms with Gasteiger partial charge >= 0.3 is 11.9 Å². The molecule has 6 heteroatoms. The molecule has 1 aromatic rings. The van der Waals surface area contributed by atoms with Crippen LogP contribution in [-0.2, 0) is 27.9 Å². The van der Waals surface area contributed by atoms with Crippen LogP contribution >= 0.6 is 0 Å². The number of rotatable bonds is 2.